The van der Waals surface area contributed by atoms with Crippen LogP contribution >= 0.6 is 0 Å². The fourth-order valence-electron chi connectivity index (χ4n) is 7.63. The summed E-state index contributed by atoms with van der Waals surface area (Å²) in [6, 6.07) is -0.716. The van der Waals surface area contributed by atoms with Crippen LogP contribution in [0.25, 0.3) is 0 Å². The van der Waals surface area contributed by atoms with E-state index in [2.05, 4.69) is 92.9 Å². The lowest BCUT2D eigenvalue weighted by atomic mass is 10.0. The normalized spacial score (nSPS) is 13.8. The van der Waals surface area contributed by atoms with Crippen LogP contribution in [-0.4, -0.2) is 46.9 Å². The van der Waals surface area contributed by atoms with Crippen LogP contribution in [0.5, 0.6) is 0 Å². The van der Waals surface area contributed by atoms with E-state index in [9.17, 15) is 19.8 Å². The second-order valence-electron chi connectivity index (χ2n) is 17.5. The van der Waals surface area contributed by atoms with Crippen LogP contribution in [-0.2, 0) is 14.3 Å². The monoisotopic (exact) mass is 866 g/mol. The van der Waals surface area contributed by atoms with Gasteiger partial charge < -0.3 is 20.3 Å². The number of carbonyl (C=O) groups excluding carboxylic acids is 2. The van der Waals surface area contributed by atoms with Gasteiger partial charge in [-0.05, 0) is 64.2 Å². The third-order valence-corrected chi connectivity index (χ3v) is 11.6. The lowest BCUT2D eigenvalue weighted by Crippen LogP contribution is -2.46. The quantitative estimate of drug-likeness (QED) is 0.0322. The van der Waals surface area contributed by atoms with Gasteiger partial charge in [-0.15, -0.1) is 0 Å². The van der Waals surface area contributed by atoms with E-state index in [1.165, 1.54) is 116 Å². The van der Waals surface area contributed by atoms with Crippen molar-refractivity contribution in [3.63, 3.8) is 0 Å². The molecular formula is C56H99NO5. The van der Waals surface area contributed by atoms with Gasteiger partial charge in [0.2, 0.25) is 5.91 Å². The Morgan fingerprint density at radius 3 is 1.23 bits per heavy atom. The van der Waals surface area contributed by atoms with Gasteiger partial charge in [-0.1, -0.05) is 241 Å². The number of ether oxygens (including phenoxy) is 1. The van der Waals surface area contributed by atoms with E-state index in [0.717, 1.165) is 77.0 Å². The molecule has 358 valence electrons. The fraction of sp³-hybridized carbons (Fsp3) is 0.750. The molecule has 0 heterocycles. The largest absolute Gasteiger partial charge is 0.462 e. The van der Waals surface area contributed by atoms with Gasteiger partial charge in [-0.2, -0.15) is 0 Å². The molecule has 0 saturated carbocycles. The number of aliphatic hydroxyl groups excluding tert-OH is 2. The first-order valence-electron chi connectivity index (χ1n) is 26.2. The van der Waals surface area contributed by atoms with Gasteiger partial charge >= 0.3 is 5.97 Å². The van der Waals surface area contributed by atoms with Crippen LogP contribution in [0.2, 0.25) is 0 Å². The average molecular weight is 866 g/mol. The van der Waals surface area contributed by atoms with Crippen LogP contribution in [0.15, 0.2) is 72.9 Å². The van der Waals surface area contributed by atoms with E-state index in [-0.39, 0.29) is 31.3 Å². The molecule has 62 heavy (non-hydrogen) atoms. The molecule has 6 heteroatoms. The van der Waals surface area contributed by atoms with Crippen molar-refractivity contribution >= 4 is 11.9 Å². The minimum Gasteiger partial charge on any atom is -0.462 e. The number of unbranched alkanes of at least 4 members (excludes halogenated alkanes) is 22. The van der Waals surface area contributed by atoms with Crippen molar-refractivity contribution in [2.24, 2.45) is 0 Å². The summed E-state index contributed by atoms with van der Waals surface area (Å²) in [4.78, 5) is 26.1. The summed E-state index contributed by atoms with van der Waals surface area (Å²) in [7, 11) is 0. The molecule has 0 rings (SSSR count). The van der Waals surface area contributed by atoms with Gasteiger partial charge in [0.25, 0.3) is 0 Å². The zero-order valence-electron chi connectivity index (χ0n) is 40.7. The van der Waals surface area contributed by atoms with E-state index < -0.39 is 18.2 Å². The lowest BCUT2D eigenvalue weighted by molar-refractivity contribution is -0.150. The summed E-state index contributed by atoms with van der Waals surface area (Å²) < 4.78 is 5.90. The Hall–Kier alpha value is -2.70. The number of carbonyl (C=O) groups is 2. The van der Waals surface area contributed by atoms with Crippen LogP contribution in [0, 0.1) is 0 Å². The van der Waals surface area contributed by atoms with Crippen molar-refractivity contribution in [2.75, 3.05) is 6.61 Å². The molecule has 0 radical (unpaired) electrons. The molecule has 0 saturated heterocycles. The summed E-state index contributed by atoms with van der Waals surface area (Å²) >= 11 is 0. The van der Waals surface area contributed by atoms with Crippen LogP contribution in [0.3, 0.4) is 0 Å². The predicted molar refractivity (Wildman–Crippen MR) is 268 cm³/mol. The Labute approximate surface area is 383 Å². The highest BCUT2D eigenvalue weighted by Gasteiger charge is 2.24. The number of hydrogen-bond donors (Lipinski definition) is 3. The highest BCUT2D eigenvalue weighted by Crippen LogP contribution is 2.18. The molecule has 0 aromatic rings. The fourth-order valence-corrected chi connectivity index (χ4v) is 7.63. The number of allylic oxidation sites excluding steroid dienone is 12. The number of rotatable bonds is 46. The molecule has 0 aliphatic rings. The topological polar surface area (TPSA) is 95.9 Å². The predicted octanol–water partition coefficient (Wildman–Crippen LogP) is 15.8. The van der Waals surface area contributed by atoms with Crippen molar-refractivity contribution in [2.45, 2.75) is 264 Å². The van der Waals surface area contributed by atoms with Gasteiger partial charge in [-0.3, -0.25) is 9.59 Å². The van der Waals surface area contributed by atoms with Crippen molar-refractivity contribution in [3.05, 3.63) is 72.9 Å². The first-order chi connectivity index (χ1) is 30.5. The van der Waals surface area contributed by atoms with Crippen LogP contribution in [0.1, 0.15) is 245 Å². The molecule has 0 aromatic carbocycles. The van der Waals surface area contributed by atoms with Crippen molar-refractivity contribution < 1.29 is 24.5 Å². The molecule has 0 aliphatic heterocycles. The Morgan fingerprint density at radius 2 is 0.839 bits per heavy atom. The average Bonchev–Trinajstić information content (AvgIpc) is 3.26. The summed E-state index contributed by atoms with van der Waals surface area (Å²) in [5, 5.41) is 23.7. The lowest BCUT2D eigenvalue weighted by Gasteiger charge is -2.24. The summed E-state index contributed by atoms with van der Waals surface area (Å²) in [6.07, 6.45) is 62.6. The maximum absolute atomic E-state index is 13.2. The first-order valence-corrected chi connectivity index (χ1v) is 26.2. The van der Waals surface area contributed by atoms with E-state index in [0.29, 0.717) is 19.3 Å². The molecule has 3 N–H and O–H groups in total. The highest BCUT2D eigenvalue weighted by molar-refractivity contribution is 5.77. The van der Waals surface area contributed by atoms with Crippen LogP contribution in [0.4, 0.5) is 0 Å². The number of nitrogens with one attached hydrogen (secondary N) is 1. The van der Waals surface area contributed by atoms with Gasteiger partial charge in [0.1, 0.15) is 6.10 Å². The van der Waals surface area contributed by atoms with Gasteiger partial charge in [0.15, 0.2) is 0 Å². The summed E-state index contributed by atoms with van der Waals surface area (Å²) in [6.45, 7) is 6.34. The van der Waals surface area contributed by atoms with Crippen molar-refractivity contribution in [3.8, 4) is 0 Å². The zero-order valence-corrected chi connectivity index (χ0v) is 40.7. The molecule has 0 bridgehead atoms. The molecule has 1 amide bonds. The SMILES string of the molecule is CC/C=C\C/C=C\C/C=C\C/C=C\C/C=C\C/C=C\CCC(=O)OC(CCCCCCCCCCCCCCCCC)CC(=O)NC(CO)C(O)CCCCCCCCCCC. The third kappa shape index (κ3) is 43.9. The summed E-state index contributed by atoms with van der Waals surface area (Å²) in [5.74, 6) is -0.571. The molecule has 0 aliphatic carbocycles. The zero-order chi connectivity index (χ0) is 45.2. The maximum Gasteiger partial charge on any atom is 0.306 e. The minimum atomic E-state index is -0.800. The number of aliphatic hydroxyl groups is 2. The second-order valence-corrected chi connectivity index (χ2v) is 17.5. The Bertz CT molecular complexity index is 1150. The molecular weight excluding hydrogens is 767 g/mol. The standard InChI is InChI=1S/C56H99NO5/c1-4-7-10-13-16-19-21-23-25-26-27-28-30-32-34-37-40-43-46-49-56(61)62-52(47-44-41-38-36-33-31-29-24-22-20-17-14-11-8-5-2)50-55(60)57-53(51-58)54(59)48-45-42-39-35-18-15-12-9-6-3/h7,10,16,19,23,25,27-28,32,34,40,43,52-54,58-59H,4-6,8-9,11-15,17-18,20-22,24,26,29-31,33,35-39,41-42,44-51H2,1-3H3,(H,57,60)/b10-7-,19-16-,25-23-,28-27-,34-32-,43-40-. The molecule has 6 nitrogen and oxygen atoms in total. The molecule has 0 aromatic heterocycles. The minimum absolute atomic E-state index is 0.0471. The van der Waals surface area contributed by atoms with E-state index in [1.54, 1.807) is 0 Å². The summed E-state index contributed by atoms with van der Waals surface area (Å²) in [5.41, 5.74) is 0. The number of amides is 1. The second kappa shape index (κ2) is 49.3. The molecule has 3 atom stereocenters. The Kier molecular flexibility index (Phi) is 47.2. The molecule has 0 fully saturated rings. The van der Waals surface area contributed by atoms with E-state index in [1.807, 2.05) is 6.08 Å². The van der Waals surface area contributed by atoms with E-state index in [4.69, 9.17) is 4.74 Å². The number of esters is 1. The van der Waals surface area contributed by atoms with Crippen molar-refractivity contribution in [1.82, 2.24) is 5.32 Å². The smallest absolute Gasteiger partial charge is 0.306 e. The van der Waals surface area contributed by atoms with E-state index >= 15 is 0 Å². The number of hydrogen-bond acceptors (Lipinski definition) is 5. The van der Waals surface area contributed by atoms with Crippen molar-refractivity contribution in [1.29, 1.82) is 0 Å². The Morgan fingerprint density at radius 1 is 0.484 bits per heavy atom. The highest BCUT2D eigenvalue weighted by atomic mass is 16.5. The molecule has 3 unspecified atom stereocenters. The van der Waals surface area contributed by atoms with Gasteiger partial charge in [-0.25, -0.2) is 0 Å². The maximum atomic E-state index is 13.2. The van der Waals surface area contributed by atoms with Crippen LogP contribution < -0.4 is 5.32 Å². The Balaban J connectivity index is 4.67. The van der Waals surface area contributed by atoms with Gasteiger partial charge in [0, 0.05) is 6.42 Å². The molecule has 0 spiro atoms. The first kappa shape index (κ1) is 59.3. The third-order valence-electron chi connectivity index (χ3n) is 11.6. The van der Waals surface area contributed by atoms with Gasteiger partial charge in [0.05, 0.1) is 25.2 Å².